The minimum Gasteiger partial charge on any atom is -0.339 e. The summed E-state index contributed by atoms with van der Waals surface area (Å²) in [6, 6.07) is 21.6. The van der Waals surface area contributed by atoms with Gasteiger partial charge in [-0.1, -0.05) is 48.0 Å². The summed E-state index contributed by atoms with van der Waals surface area (Å²) in [4.78, 5) is 17.8. The third-order valence-corrected chi connectivity index (χ3v) is 7.59. The lowest BCUT2D eigenvalue weighted by Crippen LogP contribution is -2.56. The van der Waals surface area contributed by atoms with E-state index in [0.29, 0.717) is 12.7 Å². The van der Waals surface area contributed by atoms with Crippen LogP contribution in [0.3, 0.4) is 0 Å². The van der Waals surface area contributed by atoms with Crippen LogP contribution in [0.5, 0.6) is 0 Å². The number of hydrogen-bond donors (Lipinski definition) is 1. The maximum Gasteiger partial charge on any atom is 0.247 e. The Morgan fingerprint density at radius 2 is 1.70 bits per heavy atom. The largest absolute Gasteiger partial charge is 0.339 e. The Labute approximate surface area is 181 Å². The van der Waals surface area contributed by atoms with Gasteiger partial charge in [-0.15, -0.1) is 0 Å². The van der Waals surface area contributed by atoms with Crippen LogP contribution in [0, 0.1) is 0 Å². The van der Waals surface area contributed by atoms with Crippen LogP contribution in [0.25, 0.3) is 10.8 Å². The molecule has 3 aromatic carbocycles. The number of hydrogen-bond acceptors (Lipinski definition) is 3. The molecule has 3 aromatic rings. The minimum atomic E-state index is -0.457. The highest BCUT2D eigenvalue weighted by atomic mass is 35.5. The molecule has 2 fully saturated rings. The van der Waals surface area contributed by atoms with Crippen LogP contribution in [0.15, 0.2) is 60.7 Å². The second kappa shape index (κ2) is 6.73. The van der Waals surface area contributed by atoms with Crippen molar-refractivity contribution >= 4 is 34.0 Å². The highest BCUT2D eigenvalue weighted by Gasteiger charge is 2.51. The fourth-order valence-electron chi connectivity index (χ4n) is 5.79. The Balaban J connectivity index is 1.27. The summed E-state index contributed by atoms with van der Waals surface area (Å²) in [7, 11) is 0. The summed E-state index contributed by atoms with van der Waals surface area (Å²) in [5.41, 5.74) is 3.51. The molecule has 0 radical (unpaired) electrons. The van der Waals surface area contributed by atoms with E-state index in [4.69, 9.17) is 11.6 Å². The van der Waals surface area contributed by atoms with E-state index in [0.717, 1.165) is 43.1 Å². The van der Waals surface area contributed by atoms with Crippen LogP contribution >= 0.6 is 11.6 Å². The van der Waals surface area contributed by atoms with Crippen LogP contribution < -0.4 is 10.2 Å². The zero-order chi connectivity index (χ0) is 20.3. The molecule has 3 aliphatic rings. The number of halogens is 1. The fourth-order valence-corrected chi connectivity index (χ4v) is 5.92. The van der Waals surface area contributed by atoms with Crippen molar-refractivity contribution in [1.29, 1.82) is 0 Å². The number of carbonyl (C=O) groups excluding carboxylic acids is 1. The summed E-state index contributed by atoms with van der Waals surface area (Å²) in [5.74, 6) is 0.161. The van der Waals surface area contributed by atoms with Gasteiger partial charge >= 0.3 is 0 Å². The molecule has 1 aliphatic carbocycles. The van der Waals surface area contributed by atoms with Gasteiger partial charge in [-0.2, -0.15) is 0 Å². The van der Waals surface area contributed by atoms with Gasteiger partial charge in [0, 0.05) is 29.8 Å². The van der Waals surface area contributed by atoms with E-state index in [2.05, 4.69) is 51.5 Å². The first kappa shape index (κ1) is 18.2. The first-order chi connectivity index (χ1) is 14.7. The molecule has 0 saturated carbocycles. The molecule has 5 heteroatoms. The van der Waals surface area contributed by atoms with Gasteiger partial charge < -0.3 is 10.2 Å². The Morgan fingerprint density at radius 1 is 0.967 bits per heavy atom. The number of nitrogens with zero attached hydrogens (tertiary/aromatic N) is 2. The van der Waals surface area contributed by atoms with Crippen LogP contribution in [-0.4, -0.2) is 36.1 Å². The van der Waals surface area contributed by atoms with Crippen LogP contribution in [0.1, 0.15) is 30.0 Å². The van der Waals surface area contributed by atoms with Crippen molar-refractivity contribution in [2.45, 2.75) is 30.8 Å². The Hall–Kier alpha value is -2.56. The quantitative estimate of drug-likeness (QED) is 0.666. The van der Waals surface area contributed by atoms with E-state index in [1.54, 1.807) is 0 Å². The maximum absolute atomic E-state index is 13.0. The van der Waals surface area contributed by atoms with Crippen molar-refractivity contribution in [3.63, 3.8) is 0 Å². The Bertz CT molecular complexity index is 1130. The molecular weight excluding hydrogens is 394 g/mol. The lowest BCUT2D eigenvalue weighted by atomic mass is 9.84. The summed E-state index contributed by atoms with van der Waals surface area (Å²) in [5, 5.41) is 6.59. The molecule has 0 aromatic heterocycles. The van der Waals surface area contributed by atoms with E-state index in [-0.39, 0.29) is 5.91 Å². The maximum atomic E-state index is 13.0. The average molecular weight is 418 g/mol. The third-order valence-electron chi connectivity index (χ3n) is 7.34. The van der Waals surface area contributed by atoms with Gasteiger partial charge in [0.05, 0.1) is 6.67 Å². The minimum absolute atomic E-state index is 0.161. The second-order valence-corrected chi connectivity index (χ2v) is 9.15. The zero-order valence-electron chi connectivity index (χ0n) is 16.8. The SMILES string of the molecule is O=C1NCN(c2ccc(Cl)cc2)C12CCN(C1Cc3cccc4cccc1c34)CC2. The number of amides is 1. The van der Waals surface area contributed by atoms with Gasteiger partial charge in [-0.25, -0.2) is 0 Å². The molecule has 2 aliphatic heterocycles. The van der Waals surface area contributed by atoms with Crippen molar-refractivity contribution in [3.05, 3.63) is 76.8 Å². The number of piperidine rings is 1. The Morgan fingerprint density at radius 3 is 2.47 bits per heavy atom. The average Bonchev–Trinajstić information content (AvgIpc) is 3.30. The number of benzene rings is 3. The summed E-state index contributed by atoms with van der Waals surface area (Å²) in [6.45, 7) is 2.41. The Kier molecular flexibility index (Phi) is 4.09. The number of carbonyl (C=O) groups is 1. The second-order valence-electron chi connectivity index (χ2n) is 8.72. The molecule has 4 nitrogen and oxygen atoms in total. The molecule has 1 amide bonds. The fraction of sp³-hybridized carbons (Fsp3) is 0.320. The van der Waals surface area contributed by atoms with E-state index < -0.39 is 5.54 Å². The molecule has 152 valence electrons. The van der Waals surface area contributed by atoms with Crippen LogP contribution in [0.2, 0.25) is 5.02 Å². The normalized spacial score (nSPS) is 22.8. The first-order valence-corrected chi connectivity index (χ1v) is 11.1. The van der Waals surface area contributed by atoms with Crippen molar-refractivity contribution in [2.75, 3.05) is 24.7 Å². The molecule has 2 saturated heterocycles. The lowest BCUT2D eigenvalue weighted by Gasteiger charge is -2.45. The van der Waals surface area contributed by atoms with Gasteiger partial charge in [0.2, 0.25) is 5.91 Å². The van der Waals surface area contributed by atoms with Crippen LogP contribution in [0.4, 0.5) is 5.69 Å². The van der Waals surface area contributed by atoms with Crippen molar-refractivity contribution < 1.29 is 4.79 Å². The smallest absolute Gasteiger partial charge is 0.247 e. The van der Waals surface area contributed by atoms with Gasteiger partial charge in [-0.05, 0) is 65.4 Å². The van der Waals surface area contributed by atoms with Crippen molar-refractivity contribution in [3.8, 4) is 0 Å². The first-order valence-electron chi connectivity index (χ1n) is 10.7. The molecule has 2 heterocycles. The number of nitrogens with one attached hydrogen (secondary N) is 1. The van der Waals surface area contributed by atoms with Crippen LogP contribution in [-0.2, 0) is 11.2 Å². The molecule has 1 spiro atoms. The van der Waals surface area contributed by atoms with E-state index in [1.165, 1.54) is 21.9 Å². The topological polar surface area (TPSA) is 35.6 Å². The zero-order valence-corrected chi connectivity index (χ0v) is 17.5. The standard InChI is InChI=1S/C25H24ClN3O/c26-19-7-9-20(10-8-19)29-16-27-24(30)25(29)11-13-28(14-12-25)22-15-18-5-1-3-17-4-2-6-21(22)23(17)18/h1-10,22H,11-16H2,(H,27,30). The summed E-state index contributed by atoms with van der Waals surface area (Å²) < 4.78 is 0. The molecule has 6 rings (SSSR count). The van der Waals surface area contributed by atoms with E-state index in [1.807, 2.05) is 24.3 Å². The number of likely N-dealkylation sites (tertiary alicyclic amines) is 1. The molecule has 0 bridgehead atoms. The molecule has 1 unspecified atom stereocenters. The number of rotatable bonds is 2. The summed E-state index contributed by atoms with van der Waals surface area (Å²) >= 11 is 6.08. The third kappa shape index (κ3) is 2.60. The predicted octanol–water partition coefficient (Wildman–Crippen LogP) is 4.52. The lowest BCUT2D eigenvalue weighted by molar-refractivity contribution is -0.125. The molecule has 30 heavy (non-hydrogen) atoms. The van der Waals surface area contributed by atoms with E-state index >= 15 is 0 Å². The number of anilines is 1. The van der Waals surface area contributed by atoms with Crippen molar-refractivity contribution in [1.82, 2.24) is 10.2 Å². The van der Waals surface area contributed by atoms with Gasteiger partial charge in [0.1, 0.15) is 5.54 Å². The van der Waals surface area contributed by atoms with Gasteiger partial charge in [0.25, 0.3) is 0 Å². The molecule has 1 N–H and O–H groups in total. The highest BCUT2D eigenvalue weighted by Crippen LogP contribution is 2.43. The predicted molar refractivity (Wildman–Crippen MR) is 121 cm³/mol. The van der Waals surface area contributed by atoms with E-state index in [9.17, 15) is 4.79 Å². The van der Waals surface area contributed by atoms with Crippen molar-refractivity contribution in [2.24, 2.45) is 0 Å². The van der Waals surface area contributed by atoms with Gasteiger partial charge in [0.15, 0.2) is 0 Å². The monoisotopic (exact) mass is 417 g/mol. The summed E-state index contributed by atoms with van der Waals surface area (Å²) in [6.07, 6.45) is 2.74. The molecular formula is C25H24ClN3O. The highest BCUT2D eigenvalue weighted by molar-refractivity contribution is 6.30. The molecule has 1 atom stereocenters. The van der Waals surface area contributed by atoms with Gasteiger partial charge in [-0.3, -0.25) is 9.69 Å².